The van der Waals surface area contributed by atoms with E-state index in [9.17, 15) is 18.0 Å². The van der Waals surface area contributed by atoms with E-state index in [0.717, 1.165) is 12.4 Å². The van der Waals surface area contributed by atoms with Gasteiger partial charge in [0, 0.05) is 11.8 Å². The van der Waals surface area contributed by atoms with Gasteiger partial charge in [-0.3, -0.25) is 4.79 Å². The highest BCUT2D eigenvalue weighted by Gasteiger charge is 2.33. The first-order chi connectivity index (χ1) is 8.89. The SMILES string of the molecule is O=C(O)CCc1ncnc2c(C(F)(F)F)cccc12. The molecule has 1 aromatic heterocycles. The molecule has 0 unspecified atom stereocenters. The van der Waals surface area contributed by atoms with Crippen molar-refractivity contribution in [3.63, 3.8) is 0 Å². The number of para-hydroxylation sites is 1. The third kappa shape index (κ3) is 2.81. The highest BCUT2D eigenvalue weighted by molar-refractivity contribution is 5.84. The molecular formula is C12H9F3N2O2. The second-order valence-electron chi connectivity index (χ2n) is 3.91. The van der Waals surface area contributed by atoms with Crippen molar-refractivity contribution < 1.29 is 23.1 Å². The van der Waals surface area contributed by atoms with Crippen molar-refractivity contribution in [3.05, 3.63) is 35.8 Å². The van der Waals surface area contributed by atoms with Crippen LogP contribution in [0.4, 0.5) is 13.2 Å². The number of halogens is 3. The minimum atomic E-state index is -4.50. The number of hydrogen-bond donors (Lipinski definition) is 1. The Hall–Kier alpha value is -2.18. The molecule has 7 heteroatoms. The Labute approximate surface area is 105 Å². The summed E-state index contributed by atoms with van der Waals surface area (Å²) < 4.78 is 38.4. The van der Waals surface area contributed by atoms with Gasteiger partial charge in [0.15, 0.2) is 0 Å². The topological polar surface area (TPSA) is 63.1 Å². The summed E-state index contributed by atoms with van der Waals surface area (Å²) >= 11 is 0. The van der Waals surface area contributed by atoms with E-state index < -0.39 is 17.7 Å². The maximum atomic E-state index is 12.8. The van der Waals surface area contributed by atoms with Gasteiger partial charge < -0.3 is 5.11 Å². The Morgan fingerprint density at radius 1 is 1.26 bits per heavy atom. The number of carbonyl (C=O) groups is 1. The average molecular weight is 270 g/mol. The lowest BCUT2D eigenvalue weighted by atomic mass is 10.1. The molecule has 1 heterocycles. The Balaban J connectivity index is 2.54. The van der Waals surface area contributed by atoms with E-state index in [4.69, 9.17) is 5.11 Å². The number of carboxylic acid groups (broad SMARTS) is 1. The van der Waals surface area contributed by atoms with Crippen LogP contribution in [0.1, 0.15) is 17.7 Å². The number of nitrogens with zero attached hydrogens (tertiary/aromatic N) is 2. The van der Waals surface area contributed by atoms with Crippen LogP contribution in [0.5, 0.6) is 0 Å². The predicted molar refractivity (Wildman–Crippen MR) is 60.5 cm³/mol. The third-order valence-electron chi connectivity index (χ3n) is 2.63. The van der Waals surface area contributed by atoms with Crippen molar-refractivity contribution in [3.8, 4) is 0 Å². The predicted octanol–water partition coefficient (Wildman–Crippen LogP) is 2.67. The van der Waals surface area contributed by atoms with Crippen molar-refractivity contribution in [1.29, 1.82) is 0 Å². The number of carboxylic acids is 1. The summed E-state index contributed by atoms with van der Waals surface area (Å²) in [6, 6.07) is 3.66. The lowest BCUT2D eigenvalue weighted by molar-refractivity contribution is -0.137. The van der Waals surface area contributed by atoms with Crippen molar-refractivity contribution in [2.45, 2.75) is 19.0 Å². The molecule has 0 aliphatic carbocycles. The molecule has 4 nitrogen and oxygen atoms in total. The van der Waals surface area contributed by atoms with Crippen molar-refractivity contribution >= 4 is 16.9 Å². The first-order valence-electron chi connectivity index (χ1n) is 5.41. The summed E-state index contributed by atoms with van der Waals surface area (Å²) in [6.07, 6.45) is -3.61. The number of rotatable bonds is 3. The van der Waals surface area contributed by atoms with Crippen molar-refractivity contribution in [2.75, 3.05) is 0 Å². The molecular weight excluding hydrogens is 261 g/mol. The van der Waals surface area contributed by atoms with Crippen molar-refractivity contribution in [2.24, 2.45) is 0 Å². The minimum absolute atomic E-state index is 0.0651. The number of hydrogen-bond acceptors (Lipinski definition) is 3. The van der Waals surface area contributed by atoms with E-state index in [2.05, 4.69) is 9.97 Å². The van der Waals surface area contributed by atoms with Gasteiger partial charge in [-0.05, 0) is 6.07 Å². The van der Waals surface area contributed by atoms with Crippen LogP contribution < -0.4 is 0 Å². The molecule has 1 N–H and O–H groups in total. The fourth-order valence-electron chi connectivity index (χ4n) is 1.79. The molecule has 0 amide bonds. The molecule has 0 radical (unpaired) electrons. The van der Waals surface area contributed by atoms with E-state index in [1.54, 1.807) is 0 Å². The standard InChI is InChI=1S/C12H9F3N2O2/c13-12(14,15)8-3-1-2-7-9(4-5-10(18)19)16-6-17-11(7)8/h1-3,6H,4-5H2,(H,18,19). The summed E-state index contributed by atoms with van der Waals surface area (Å²) in [5.41, 5.74) is -0.743. The fraction of sp³-hybridized carbons (Fsp3) is 0.250. The smallest absolute Gasteiger partial charge is 0.418 e. The number of aromatic nitrogens is 2. The molecule has 2 aromatic rings. The Morgan fingerprint density at radius 2 is 2.00 bits per heavy atom. The van der Waals surface area contributed by atoms with E-state index in [0.29, 0.717) is 5.69 Å². The number of aliphatic carboxylic acids is 1. The maximum Gasteiger partial charge on any atom is 0.418 e. The molecule has 0 saturated carbocycles. The molecule has 0 saturated heterocycles. The largest absolute Gasteiger partial charge is 0.481 e. The fourth-order valence-corrected chi connectivity index (χ4v) is 1.79. The molecule has 0 fully saturated rings. The molecule has 0 atom stereocenters. The highest BCUT2D eigenvalue weighted by atomic mass is 19.4. The molecule has 100 valence electrons. The molecule has 2 rings (SSSR count). The molecule has 0 aliphatic rings. The lowest BCUT2D eigenvalue weighted by Crippen LogP contribution is -2.08. The normalized spacial score (nSPS) is 11.7. The van der Waals surface area contributed by atoms with Gasteiger partial charge in [-0.2, -0.15) is 13.2 Å². The Kier molecular flexibility index (Phi) is 3.37. The zero-order valence-electron chi connectivity index (χ0n) is 9.61. The quantitative estimate of drug-likeness (QED) is 0.931. The highest BCUT2D eigenvalue weighted by Crippen LogP contribution is 2.34. The van der Waals surface area contributed by atoms with Gasteiger partial charge in [0.25, 0.3) is 0 Å². The first-order valence-corrected chi connectivity index (χ1v) is 5.41. The number of benzene rings is 1. The minimum Gasteiger partial charge on any atom is -0.481 e. The van der Waals surface area contributed by atoms with Crippen LogP contribution in [0.2, 0.25) is 0 Å². The number of fused-ring (bicyclic) bond motifs is 1. The van der Waals surface area contributed by atoms with E-state index in [1.165, 1.54) is 12.1 Å². The van der Waals surface area contributed by atoms with Crippen LogP contribution in [-0.4, -0.2) is 21.0 Å². The Morgan fingerprint density at radius 3 is 2.63 bits per heavy atom. The van der Waals surface area contributed by atoms with Crippen LogP contribution >= 0.6 is 0 Å². The molecule has 0 bridgehead atoms. The van der Waals surface area contributed by atoms with Crippen LogP contribution in [-0.2, 0) is 17.4 Å². The average Bonchev–Trinajstić information content (AvgIpc) is 2.34. The summed E-state index contributed by atoms with van der Waals surface area (Å²) in [7, 11) is 0. The molecule has 19 heavy (non-hydrogen) atoms. The number of alkyl halides is 3. The third-order valence-corrected chi connectivity index (χ3v) is 2.63. The van der Waals surface area contributed by atoms with E-state index in [-0.39, 0.29) is 23.7 Å². The van der Waals surface area contributed by atoms with Crippen LogP contribution in [0.3, 0.4) is 0 Å². The van der Waals surface area contributed by atoms with E-state index >= 15 is 0 Å². The molecule has 0 aliphatic heterocycles. The first kappa shape index (κ1) is 13.3. The molecule has 1 aromatic carbocycles. The van der Waals surface area contributed by atoms with Crippen molar-refractivity contribution in [1.82, 2.24) is 9.97 Å². The van der Waals surface area contributed by atoms with Gasteiger partial charge in [-0.1, -0.05) is 12.1 Å². The second kappa shape index (κ2) is 4.83. The lowest BCUT2D eigenvalue weighted by Gasteiger charge is -2.10. The monoisotopic (exact) mass is 270 g/mol. The van der Waals surface area contributed by atoms with Crippen LogP contribution in [0, 0.1) is 0 Å². The Bertz CT molecular complexity index is 626. The summed E-state index contributed by atoms with van der Waals surface area (Å²) in [5, 5.41) is 8.84. The van der Waals surface area contributed by atoms with Gasteiger partial charge in [-0.25, -0.2) is 9.97 Å². The second-order valence-corrected chi connectivity index (χ2v) is 3.91. The van der Waals surface area contributed by atoms with Gasteiger partial charge >= 0.3 is 12.1 Å². The zero-order chi connectivity index (χ0) is 14.0. The van der Waals surface area contributed by atoms with Gasteiger partial charge in [0.05, 0.1) is 23.2 Å². The van der Waals surface area contributed by atoms with Crippen LogP contribution in [0.15, 0.2) is 24.5 Å². The van der Waals surface area contributed by atoms with Gasteiger partial charge in [0.1, 0.15) is 6.33 Å². The van der Waals surface area contributed by atoms with Crippen LogP contribution in [0.25, 0.3) is 10.9 Å². The molecule has 0 spiro atoms. The zero-order valence-corrected chi connectivity index (χ0v) is 9.61. The summed E-state index contributed by atoms with van der Waals surface area (Å²) in [4.78, 5) is 18.0. The van der Waals surface area contributed by atoms with E-state index in [1.807, 2.05) is 0 Å². The number of aryl methyl sites for hydroxylation is 1. The maximum absolute atomic E-state index is 12.8. The van der Waals surface area contributed by atoms with Gasteiger partial charge in [-0.15, -0.1) is 0 Å². The summed E-state index contributed by atoms with van der Waals surface area (Å²) in [6.45, 7) is 0. The van der Waals surface area contributed by atoms with Gasteiger partial charge in [0.2, 0.25) is 0 Å². The summed E-state index contributed by atoms with van der Waals surface area (Å²) in [5.74, 6) is -1.03.